The molecule has 16 heavy (non-hydrogen) atoms. The molecule has 1 aliphatic rings. The van der Waals surface area contributed by atoms with E-state index >= 15 is 0 Å². The number of ether oxygens (including phenoxy) is 1. The molecule has 1 N–H and O–H groups in total. The number of amides is 1. The lowest BCUT2D eigenvalue weighted by atomic mass is 10.2. The quantitative estimate of drug-likeness (QED) is 0.841. The summed E-state index contributed by atoms with van der Waals surface area (Å²) in [4.78, 5) is 11.4. The largest absolute Gasteiger partial charge is 0.413 e. The maximum absolute atomic E-state index is 11.4. The predicted molar refractivity (Wildman–Crippen MR) is 57.7 cm³/mol. The molecule has 1 amide bonds. The molecule has 1 atom stereocenters. The summed E-state index contributed by atoms with van der Waals surface area (Å²) in [6.45, 7) is 0. The number of rotatable bonds is 3. The lowest BCUT2D eigenvalue weighted by Crippen LogP contribution is -2.37. The van der Waals surface area contributed by atoms with E-state index in [4.69, 9.17) is 10.00 Å². The summed E-state index contributed by atoms with van der Waals surface area (Å²) < 4.78 is 5.02. The maximum atomic E-state index is 11.4. The molecule has 1 saturated carbocycles. The van der Waals surface area contributed by atoms with Crippen molar-refractivity contribution in [1.29, 1.82) is 5.26 Å². The van der Waals surface area contributed by atoms with Crippen LogP contribution in [0.4, 0.5) is 4.79 Å². The van der Waals surface area contributed by atoms with Gasteiger partial charge in [-0.2, -0.15) is 5.26 Å². The monoisotopic (exact) mass is 216 g/mol. The predicted octanol–water partition coefficient (Wildman–Crippen LogP) is 2.08. The number of carbonyl (C=O) groups excluding carboxylic acids is 1. The molecule has 0 aliphatic heterocycles. The minimum absolute atomic E-state index is 0.299. The Kier molecular flexibility index (Phi) is 3.06. The van der Waals surface area contributed by atoms with Crippen LogP contribution in [0.1, 0.15) is 12.8 Å². The van der Waals surface area contributed by atoms with Crippen molar-refractivity contribution < 1.29 is 9.53 Å². The van der Waals surface area contributed by atoms with Gasteiger partial charge in [0.2, 0.25) is 0 Å². The summed E-state index contributed by atoms with van der Waals surface area (Å²) in [7, 11) is 0. The Balaban J connectivity index is 1.87. The average molecular weight is 216 g/mol. The Morgan fingerprint density at radius 2 is 2.12 bits per heavy atom. The van der Waals surface area contributed by atoms with E-state index in [-0.39, 0.29) is 0 Å². The van der Waals surface area contributed by atoms with Gasteiger partial charge in [0.05, 0.1) is 6.07 Å². The Labute approximate surface area is 93.8 Å². The highest BCUT2D eigenvalue weighted by Crippen LogP contribution is 2.32. The Morgan fingerprint density at radius 1 is 1.44 bits per heavy atom. The Hall–Kier alpha value is -2.02. The van der Waals surface area contributed by atoms with Gasteiger partial charge in [0.25, 0.3) is 0 Å². The second-order valence-corrected chi connectivity index (χ2v) is 3.79. The topological polar surface area (TPSA) is 62.1 Å². The molecule has 1 unspecified atom stereocenters. The Morgan fingerprint density at radius 3 is 2.69 bits per heavy atom. The van der Waals surface area contributed by atoms with Crippen molar-refractivity contribution in [2.45, 2.75) is 18.9 Å². The summed E-state index contributed by atoms with van der Waals surface area (Å²) in [5.41, 5.74) is 0. The van der Waals surface area contributed by atoms with Crippen LogP contribution in [0.5, 0.6) is 5.75 Å². The maximum Gasteiger partial charge on any atom is 0.413 e. The first-order chi connectivity index (χ1) is 7.79. The molecule has 0 saturated heterocycles. The van der Waals surface area contributed by atoms with Gasteiger partial charge in [-0.15, -0.1) is 0 Å². The number of nitrogens with zero attached hydrogens (tertiary/aromatic N) is 1. The molecular formula is C12H12N2O2. The van der Waals surface area contributed by atoms with Crippen LogP contribution in [-0.2, 0) is 0 Å². The van der Waals surface area contributed by atoms with E-state index in [9.17, 15) is 4.79 Å². The van der Waals surface area contributed by atoms with Crippen molar-refractivity contribution >= 4 is 6.09 Å². The third-order valence-corrected chi connectivity index (χ3v) is 2.46. The normalized spacial score (nSPS) is 15.9. The van der Waals surface area contributed by atoms with Gasteiger partial charge in [-0.25, -0.2) is 4.79 Å². The molecule has 0 aromatic heterocycles. The number of para-hydroxylation sites is 1. The Bertz CT molecular complexity index is 407. The van der Waals surface area contributed by atoms with Crippen molar-refractivity contribution in [2.75, 3.05) is 0 Å². The van der Waals surface area contributed by atoms with E-state index in [2.05, 4.69) is 11.4 Å². The van der Waals surface area contributed by atoms with Crippen LogP contribution in [0.3, 0.4) is 0 Å². The molecule has 1 aromatic rings. The number of nitrogens with one attached hydrogen (secondary N) is 1. The van der Waals surface area contributed by atoms with Gasteiger partial charge in [-0.05, 0) is 30.9 Å². The number of hydrogen-bond donors (Lipinski definition) is 1. The zero-order valence-electron chi connectivity index (χ0n) is 8.72. The van der Waals surface area contributed by atoms with E-state index in [1.807, 2.05) is 6.07 Å². The second kappa shape index (κ2) is 4.67. The lowest BCUT2D eigenvalue weighted by molar-refractivity contribution is 0.197. The molecule has 1 aliphatic carbocycles. The summed E-state index contributed by atoms with van der Waals surface area (Å²) in [6, 6.07) is 10.4. The van der Waals surface area contributed by atoms with Crippen LogP contribution in [0.2, 0.25) is 0 Å². The summed E-state index contributed by atoms with van der Waals surface area (Å²) in [5.74, 6) is 0.779. The smallest absolute Gasteiger partial charge is 0.410 e. The fraction of sp³-hybridized carbons (Fsp3) is 0.333. The van der Waals surface area contributed by atoms with Gasteiger partial charge in [-0.3, -0.25) is 0 Å². The van der Waals surface area contributed by atoms with Crippen LogP contribution in [0.25, 0.3) is 0 Å². The average Bonchev–Trinajstić information content (AvgIpc) is 3.11. The zero-order chi connectivity index (χ0) is 11.4. The third kappa shape index (κ3) is 2.74. The highest BCUT2D eigenvalue weighted by molar-refractivity contribution is 5.71. The molecule has 1 aromatic carbocycles. The summed E-state index contributed by atoms with van der Waals surface area (Å²) >= 11 is 0. The zero-order valence-corrected chi connectivity index (χ0v) is 8.72. The number of hydrogen-bond acceptors (Lipinski definition) is 3. The van der Waals surface area contributed by atoms with E-state index in [0.29, 0.717) is 11.7 Å². The first kappa shape index (κ1) is 10.5. The number of carbonyl (C=O) groups is 1. The standard InChI is InChI=1S/C12H12N2O2/c13-8-11(9-6-7-9)14-12(15)16-10-4-2-1-3-5-10/h1-5,9,11H,6-7H2,(H,14,15). The first-order valence-electron chi connectivity index (χ1n) is 5.22. The fourth-order valence-corrected chi connectivity index (χ4v) is 1.44. The molecule has 4 nitrogen and oxygen atoms in total. The van der Waals surface area contributed by atoms with Crippen molar-refractivity contribution in [1.82, 2.24) is 5.32 Å². The van der Waals surface area contributed by atoms with E-state index in [1.54, 1.807) is 24.3 Å². The van der Waals surface area contributed by atoms with Gasteiger partial charge in [-0.1, -0.05) is 18.2 Å². The molecule has 0 bridgehead atoms. The van der Waals surface area contributed by atoms with E-state index in [0.717, 1.165) is 12.8 Å². The second-order valence-electron chi connectivity index (χ2n) is 3.79. The van der Waals surface area contributed by atoms with Crippen molar-refractivity contribution in [3.8, 4) is 11.8 Å². The van der Waals surface area contributed by atoms with Crippen LogP contribution in [0.15, 0.2) is 30.3 Å². The molecule has 0 heterocycles. The van der Waals surface area contributed by atoms with Gasteiger partial charge < -0.3 is 10.1 Å². The lowest BCUT2D eigenvalue weighted by Gasteiger charge is -2.10. The molecule has 82 valence electrons. The molecule has 2 rings (SSSR count). The third-order valence-electron chi connectivity index (χ3n) is 2.46. The fourth-order valence-electron chi connectivity index (χ4n) is 1.44. The van der Waals surface area contributed by atoms with Crippen molar-refractivity contribution in [3.63, 3.8) is 0 Å². The van der Waals surface area contributed by atoms with E-state index < -0.39 is 12.1 Å². The van der Waals surface area contributed by atoms with Crippen LogP contribution < -0.4 is 10.1 Å². The first-order valence-corrected chi connectivity index (χ1v) is 5.22. The van der Waals surface area contributed by atoms with Gasteiger partial charge in [0, 0.05) is 0 Å². The summed E-state index contributed by atoms with van der Waals surface area (Å²) in [6.07, 6.45) is 1.44. The minimum Gasteiger partial charge on any atom is -0.410 e. The van der Waals surface area contributed by atoms with Crippen molar-refractivity contribution in [3.05, 3.63) is 30.3 Å². The number of nitriles is 1. The van der Waals surface area contributed by atoms with Gasteiger partial charge >= 0.3 is 6.09 Å². The highest BCUT2D eigenvalue weighted by Gasteiger charge is 2.32. The minimum atomic E-state index is -0.565. The van der Waals surface area contributed by atoms with Crippen LogP contribution >= 0.6 is 0 Å². The molecule has 1 fully saturated rings. The molecule has 0 spiro atoms. The molecular weight excluding hydrogens is 204 g/mol. The van der Waals surface area contributed by atoms with Gasteiger partial charge in [0.1, 0.15) is 11.8 Å². The SMILES string of the molecule is N#CC(NC(=O)Oc1ccccc1)C1CC1. The molecule has 4 heteroatoms. The summed E-state index contributed by atoms with van der Waals surface area (Å²) in [5, 5.41) is 11.4. The van der Waals surface area contributed by atoms with E-state index in [1.165, 1.54) is 0 Å². The molecule has 0 radical (unpaired) electrons. The van der Waals surface area contributed by atoms with Gasteiger partial charge in [0.15, 0.2) is 0 Å². The number of benzene rings is 1. The highest BCUT2D eigenvalue weighted by atomic mass is 16.6. The van der Waals surface area contributed by atoms with Crippen LogP contribution in [0, 0.1) is 17.2 Å². The van der Waals surface area contributed by atoms with Crippen molar-refractivity contribution in [2.24, 2.45) is 5.92 Å². The van der Waals surface area contributed by atoms with Crippen LogP contribution in [-0.4, -0.2) is 12.1 Å².